The van der Waals surface area contributed by atoms with Gasteiger partial charge in [-0.2, -0.15) is 0 Å². The summed E-state index contributed by atoms with van der Waals surface area (Å²) in [4.78, 5) is 22.1. The van der Waals surface area contributed by atoms with E-state index in [4.69, 9.17) is 19.2 Å². The highest BCUT2D eigenvalue weighted by Gasteiger charge is 2.36. The van der Waals surface area contributed by atoms with Crippen LogP contribution in [-0.4, -0.2) is 55.2 Å². The number of nitrogens with zero attached hydrogens (tertiary/aromatic N) is 3. The third-order valence-electron chi connectivity index (χ3n) is 6.50. The highest BCUT2D eigenvalue weighted by molar-refractivity contribution is 8.14. The summed E-state index contributed by atoms with van der Waals surface area (Å²) in [6, 6.07) is 17.1. The first-order valence-corrected chi connectivity index (χ1v) is 14.4. The Hall–Kier alpha value is -3.63. The van der Waals surface area contributed by atoms with Crippen molar-refractivity contribution in [2.45, 2.75) is 25.4 Å². The Bertz CT molecular complexity index is 1400. The standard InChI is InChI=1S/C29H32N4O4S2/c1-29(2)18-39-28(30-29)32(21-9-6-7-10-23(21)35-3)17-27(34)33-22(16-20(31-33)26-11-8-14-38-26)19-12-13-24(36-4)25(15-19)37-5/h6-16,22,31H,17-18H2,1-5H3/t22-/m1/s1. The van der Waals surface area contributed by atoms with Crippen LogP contribution < -0.4 is 24.5 Å². The van der Waals surface area contributed by atoms with Gasteiger partial charge in [0.25, 0.3) is 5.91 Å². The summed E-state index contributed by atoms with van der Waals surface area (Å²) in [5, 5.41) is 4.50. The van der Waals surface area contributed by atoms with E-state index in [1.165, 1.54) is 0 Å². The first-order chi connectivity index (χ1) is 18.8. The number of methoxy groups -OCH3 is 3. The molecule has 0 saturated carbocycles. The predicted molar refractivity (Wildman–Crippen MR) is 159 cm³/mol. The number of thiophene rings is 1. The number of thioether (sulfide) groups is 1. The average molecular weight is 565 g/mol. The van der Waals surface area contributed by atoms with Gasteiger partial charge in [0.05, 0.1) is 49.2 Å². The summed E-state index contributed by atoms with van der Waals surface area (Å²) < 4.78 is 16.7. The lowest BCUT2D eigenvalue weighted by atomic mass is 10.0. The maximum Gasteiger partial charge on any atom is 0.261 e. The molecule has 39 heavy (non-hydrogen) atoms. The number of nitrogens with one attached hydrogen (secondary N) is 1. The molecule has 5 rings (SSSR count). The van der Waals surface area contributed by atoms with Gasteiger partial charge >= 0.3 is 0 Å². The van der Waals surface area contributed by atoms with Crippen LogP contribution in [0.15, 0.2) is 71.0 Å². The van der Waals surface area contributed by atoms with Gasteiger partial charge in [0, 0.05) is 5.75 Å². The fourth-order valence-corrected chi connectivity index (χ4v) is 6.44. The van der Waals surface area contributed by atoms with Crippen molar-refractivity contribution in [1.82, 2.24) is 10.4 Å². The normalized spacial score (nSPS) is 17.8. The average Bonchev–Trinajstić information content (AvgIpc) is 3.71. The van der Waals surface area contributed by atoms with Gasteiger partial charge < -0.3 is 19.1 Å². The lowest BCUT2D eigenvalue weighted by molar-refractivity contribution is -0.132. The molecule has 2 aliphatic heterocycles. The molecule has 1 atom stereocenters. The van der Waals surface area contributed by atoms with Crippen LogP contribution in [0.2, 0.25) is 0 Å². The van der Waals surface area contributed by atoms with Crippen LogP contribution in [0.3, 0.4) is 0 Å². The first kappa shape index (κ1) is 27.0. The summed E-state index contributed by atoms with van der Waals surface area (Å²) in [7, 11) is 4.85. The highest BCUT2D eigenvalue weighted by Crippen LogP contribution is 2.39. The van der Waals surface area contributed by atoms with E-state index in [-0.39, 0.29) is 24.0 Å². The minimum atomic E-state index is -0.358. The van der Waals surface area contributed by atoms with Crippen molar-refractivity contribution >= 4 is 45.6 Å². The number of para-hydroxylation sites is 2. The van der Waals surface area contributed by atoms with Crippen LogP contribution in [0, 0.1) is 0 Å². The Balaban J connectivity index is 1.51. The second kappa shape index (κ2) is 11.2. The quantitative estimate of drug-likeness (QED) is 0.382. The van der Waals surface area contributed by atoms with Gasteiger partial charge in [0.2, 0.25) is 0 Å². The number of hydrogen-bond donors (Lipinski definition) is 1. The summed E-state index contributed by atoms with van der Waals surface area (Å²) >= 11 is 3.27. The van der Waals surface area contributed by atoms with E-state index in [1.54, 1.807) is 49.4 Å². The topological polar surface area (TPSA) is 75.6 Å². The minimum Gasteiger partial charge on any atom is -0.495 e. The molecule has 0 radical (unpaired) electrons. The van der Waals surface area contributed by atoms with Crippen LogP contribution in [0.1, 0.15) is 30.3 Å². The second-order valence-electron chi connectivity index (χ2n) is 9.75. The number of ether oxygens (including phenoxy) is 3. The van der Waals surface area contributed by atoms with E-state index >= 15 is 0 Å². The number of rotatable bonds is 8. The maximum absolute atomic E-state index is 14.2. The van der Waals surface area contributed by atoms with E-state index in [9.17, 15) is 4.79 Å². The van der Waals surface area contributed by atoms with Crippen LogP contribution in [0.4, 0.5) is 5.69 Å². The van der Waals surface area contributed by atoms with Crippen LogP contribution in [0.25, 0.3) is 5.70 Å². The molecule has 0 unspecified atom stereocenters. The summed E-state index contributed by atoms with van der Waals surface area (Å²) in [6.07, 6.45) is 2.07. The van der Waals surface area contributed by atoms with Gasteiger partial charge in [0.1, 0.15) is 12.3 Å². The number of hydrazine groups is 1. The molecule has 204 valence electrons. The zero-order valence-electron chi connectivity index (χ0n) is 22.6. The van der Waals surface area contributed by atoms with Crippen LogP contribution >= 0.6 is 23.1 Å². The zero-order chi connectivity index (χ0) is 27.6. The molecule has 1 aromatic heterocycles. The number of carbonyl (C=O) groups is 1. The number of amides is 1. The van der Waals surface area contributed by atoms with E-state index in [0.717, 1.165) is 32.7 Å². The first-order valence-electron chi connectivity index (χ1n) is 12.5. The molecule has 2 aromatic carbocycles. The van der Waals surface area contributed by atoms with Crippen molar-refractivity contribution < 1.29 is 19.0 Å². The smallest absolute Gasteiger partial charge is 0.261 e. The summed E-state index contributed by atoms with van der Waals surface area (Å²) in [6.45, 7) is 4.27. The highest BCUT2D eigenvalue weighted by atomic mass is 32.2. The Morgan fingerprint density at radius 1 is 1.05 bits per heavy atom. The van der Waals surface area contributed by atoms with Crippen molar-refractivity contribution in [2.75, 3.05) is 38.5 Å². The molecule has 3 aromatic rings. The van der Waals surface area contributed by atoms with Gasteiger partial charge in [-0.05, 0) is 61.2 Å². The largest absolute Gasteiger partial charge is 0.495 e. The van der Waals surface area contributed by atoms with Gasteiger partial charge in [-0.1, -0.05) is 36.0 Å². The summed E-state index contributed by atoms with van der Waals surface area (Å²) in [5.41, 5.74) is 5.74. The molecule has 2 aliphatic rings. The molecule has 10 heteroatoms. The molecule has 0 spiro atoms. The van der Waals surface area contributed by atoms with Gasteiger partial charge in [-0.3, -0.25) is 15.2 Å². The predicted octanol–water partition coefficient (Wildman–Crippen LogP) is 5.59. The Morgan fingerprint density at radius 2 is 1.82 bits per heavy atom. The Morgan fingerprint density at radius 3 is 2.49 bits per heavy atom. The van der Waals surface area contributed by atoms with Crippen molar-refractivity contribution in [3.05, 3.63) is 76.5 Å². The molecule has 0 bridgehead atoms. The number of benzene rings is 2. The third-order valence-corrected chi connectivity index (χ3v) is 8.82. The molecular weight excluding hydrogens is 532 g/mol. The van der Waals surface area contributed by atoms with Crippen LogP contribution in [0.5, 0.6) is 17.2 Å². The molecule has 0 fully saturated rings. The van der Waals surface area contributed by atoms with Gasteiger partial charge in [0.15, 0.2) is 16.7 Å². The third kappa shape index (κ3) is 5.58. The fourth-order valence-electron chi connectivity index (χ4n) is 4.56. The molecule has 0 saturated heterocycles. The number of aliphatic imine (C=N–C) groups is 1. The monoisotopic (exact) mass is 564 g/mol. The molecular formula is C29H32N4O4S2. The van der Waals surface area contributed by atoms with E-state index in [0.29, 0.717) is 17.2 Å². The Kier molecular flexibility index (Phi) is 7.76. The fraction of sp³-hybridized carbons (Fsp3) is 0.310. The number of amidine groups is 1. The van der Waals surface area contributed by atoms with Gasteiger partial charge in [-0.25, -0.2) is 5.01 Å². The molecule has 8 nitrogen and oxygen atoms in total. The molecule has 1 N–H and O–H groups in total. The summed E-state index contributed by atoms with van der Waals surface area (Å²) in [5.74, 6) is 2.64. The second-order valence-corrected chi connectivity index (χ2v) is 11.6. The molecule has 3 heterocycles. The van der Waals surface area contributed by atoms with Crippen molar-refractivity contribution in [2.24, 2.45) is 4.99 Å². The van der Waals surface area contributed by atoms with E-state index in [2.05, 4.69) is 25.3 Å². The van der Waals surface area contributed by atoms with Crippen molar-refractivity contribution in [3.63, 3.8) is 0 Å². The number of hydrogen-bond acceptors (Lipinski definition) is 9. The zero-order valence-corrected chi connectivity index (χ0v) is 24.3. The van der Waals surface area contributed by atoms with Crippen LogP contribution in [-0.2, 0) is 4.79 Å². The number of anilines is 1. The van der Waals surface area contributed by atoms with E-state index < -0.39 is 0 Å². The maximum atomic E-state index is 14.2. The lowest BCUT2D eigenvalue weighted by Gasteiger charge is -2.30. The molecule has 1 amide bonds. The van der Waals surface area contributed by atoms with Crippen molar-refractivity contribution in [1.29, 1.82) is 0 Å². The lowest BCUT2D eigenvalue weighted by Crippen LogP contribution is -2.46. The molecule has 0 aliphatic carbocycles. The van der Waals surface area contributed by atoms with E-state index in [1.807, 2.05) is 64.9 Å². The van der Waals surface area contributed by atoms with Crippen molar-refractivity contribution in [3.8, 4) is 17.2 Å². The number of carbonyl (C=O) groups excluding carboxylic acids is 1. The SMILES string of the molecule is COc1ccc([C@H]2C=C(c3cccs3)NN2C(=O)CN(C2=NC(C)(C)CS2)c2ccccc2OC)cc1OC. The van der Waals surface area contributed by atoms with Gasteiger partial charge in [-0.15, -0.1) is 11.3 Å². The Labute approximate surface area is 237 Å². The minimum absolute atomic E-state index is 0.0740.